The molecular formula is C25H32ClN3O4. The van der Waals surface area contributed by atoms with Crippen molar-refractivity contribution in [2.75, 3.05) is 6.61 Å². The molecule has 0 radical (unpaired) electrons. The van der Waals surface area contributed by atoms with Crippen molar-refractivity contribution in [3.8, 4) is 5.75 Å². The van der Waals surface area contributed by atoms with Gasteiger partial charge in [0, 0.05) is 18.6 Å². The summed E-state index contributed by atoms with van der Waals surface area (Å²) in [7, 11) is 1.68. The Hall–Kier alpha value is -2.80. The van der Waals surface area contributed by atoms with Crippen molar-refractivity contribution in [2.45, 2.75) is 53.5 Å². The summed E-state index contributed by atoms with van der Waals surface area (Å²) in [6.07, 6.45) is 2.19. The number of carboxylic acid groups (broad SMARTS) is 1. The van der Waals surface area contributed by atoms with Gasteiger partial charge in [0.1, 0.15) is 17.4 Å². The van der Waals surface area contributed by atoms with Crippen LogP contribution in [0.15, 0.2) is 29.2 Å². The average Bonchev–Trinajstić information content (AvgIpc) is 2.68. The molecule has 0 aliphatic rings. The lowest BCUT2D eigenvalue weighted by molar-refractivity contribution is 0.172. The molecular weight excluding hydrogens is 442 g/mol. The number of nitrogens with one attached hydrogen (secondary N) is 1. The number of ether oxygens (including phenoxy) is 1. The van der Waals surface area contributed by atoms with Crippen LogP contribution in [0.25, 0.3) is 21.7 Å². The minimum atomic E-state index is -1.09. The van der Waals surface area contributed by atoms with Crippen molar-refractivity contribution < 1.29 is 14.6 Å². The van der Waals surface area contributed by atoms with Gasteiger partial charge in [-0.05, 0) is 54.7 Å². The summed E-state index contributed by atoms with van der Waals surface area (Å²) in [5.74, 6) is 0.714. The molecule has 1 aromatic carbocycles. The summed E-state index contributed by atoms with van der Waals surface area (Å²) in [5.41, 5.74) is 1.21. The summed E-state index contributed by atoms with van der Waals surface area (Å²) in [5, 5.41) is 14.3. The molecule has 2 atom stereocenters. The molecule has 0 aliphatic carbocycles. The van der Waals surface area contributed by atoms with E-state index in [4.69, 9.17) is 16.3 Å². The van der Waals surface area contributed by atoms with Crippen molar-refractivity contribution in [1.29, 1.82) is 0 Å². The molecule has 2 N–H and O–H groups in total. The van der Waals surface area contributed by atoms with Gasteiger partial charge in [-0.2, -0.15) is 0 Å². The number of nitrogens with zero attached hydrogens (tertiary/aromatic N) is 2. The molecule has 0 spiro atoms. The Labute approximate surface area is 198 Å². The van der Waals surface area contributed by atoms with Gasteiger partial charge in [0.05, 0.1) is 22.6 Å². The van der Waals surface area contributed by atoms with E-state index in [1.54, 1.807) is 19.3 Å². The molecule has 0 bridgehead atoms. The lowest BCUT2D eigenvalue weighted by atomic mass is 9.83. The Kier molecular flexibility index (Phi) is 7.22. The second-order valence-electron chi connectivity index (χ2n) is 10.0. The molecule has 7 nitrogen and oxygen atoms in total. The van der Waals surface area contributed by atoms with Gasteiger partial charge in [0.25, 0.3) is 5.56 Å². The number of aryl methyl sites for hydroxylation is 2. The Bertz CT molecular complexity index is 1250. The fourth-order valence-corrected chi connectivity index (χ4v) is 5.03. The molecule has 0 saturated carbocycles. The van der Waals surface area contributed by atoms with Crippen LogP contribution < -0.4 is 15.6 Å². The summed E-state index contributed by atoms with van der Waals surface area (Å²) < 4.78 is 7.50. The molecule has 0 saturated heterocycles. The van der Waals surface area contributed by atoms with Crippen LogP contribution in [0, 0.1) is 18.3 Å². The summed E-state index contributed by atoms with van der Waals surface area (Å²) in [6.45, 7) is 10.6. The van der Waals surface area contributed by atoms with Crippen molar-refractivity contribution >= 4 is 39.4 Å². The standard InChI is InChI=1S/C25H32ClN3O4/c1-14(12-25(3,4)5)11-16(28-24(31)32)13-33-19-8-7-18-17-9-10-27-15(2)20(17)23(30)29(6)22(18)21(19)26/h7-10,14,16,28H,11-13H2,1-6H3,(H,31,32). The fourth-order valence-electron chi connectivity index (χ4n) is 4.68. The number of hydrogen-bond acceptors (Lipinski definition) is 4. The van der Waals surface area contributed by atoms with Gasteiger partial charge in [-0.15, -0.1) is 0 Å². The van der Waals surface area contributed by atoms with Gasteiger partial charge in [0.2, 0.25) is 0 Å². The lowest BCUT2D eigenvalue weighted by Gasteiger charge is -2.27. The Morgan fingerprint density at radius 1 is 1.27 bits per heavy atom. The monoisotopic (exact) mass is 473 g/mol. The van der Waals surface area contributed by atoms with Gasteiger partial charge >= 0.3 is 6.09 Å². The molecule has 3 aromatic rings. The van der Waals surface area contributed by atoms with E-state index < -0.39 is 6.09 Å². The highest BCUT2D eigenvalue weighted by Gasteiger charge is 2.22. The molecule has 8 heteroatoms. The van der Waals surface area contributed by atoms with Gasteiger partial charge in [-0.3, -0.25) is 9.78 Å². The quantitative estimate of drug-likeness (QED) is 0.440. The first kappa shape index (κ1) is 24.8. The van der Waals surface area contributed by atoms with Gasteiger partial charge in [-0.1, -0.05) is 39.3 Å². The molecule has 0 aliphatic heterocycles. The van der Waals surface area contributed by atoms with E-state index in [1.807, 2.05) is 19.1 Å². The number of rotatable bonds is 7. The fraction of sp³-hybridized carbons (Fsp3) is 0.480. The first-order valence-corrected chi connectivity index (χ1v) is 11.5. The normalized spacial score (nSPS) is 13.8. The van der Waals surface area contributed by atoms with Crippen LogP contribution in [0.3, 0.4) is 0 Å². The Morgan fingerprint density at radius 2 is 1.97 bits per heavy atom. The predicted octanol–water partition coefficient (Wildman–Crippen LogP) is 5.53. The maximum absolute atomic E-state index is 13.0. The van der Waals surface area contributed by atoms with Crippen molar-refractivity contribution in [3.63, 3.8) is 0 Å². The first-order chi connectivity index (χ1) is 15.4. The molecule has 178 valence electrons. The second kappa shape index (κ2) is 9.59. The van der Waals surface area contributed by atoms with Crippen LogP contribution in [0.4, 0.5) is 4.79 Å². The molecule has 2 unspecified atom stereocenters. The van der Waals surface area contributed by atoms with Gasteiger partial charge < -0.3 is 19.7 Å². The number of benzene rings is 1. The van der Waals surface area contributed by atoms with Crippen LogP contribution in [-0.4, -0.2) is 33.4 Å². The van der Waals surface area contributed by atoms with E-state index in [-0.39, 0.29) is 23.6 Å². The molecule has 2 heterocycles. The highest BCUT2D eigenvalue weighted by Crippen LogP contribution is 2.35. The molecule has 0 fully saturated rings. The zero-order valence-corrected chi connectivity index (χ0v) is 20.8. The SMILES string of the molecule is Cc1nccc2c1c(=O)n(C)c1c(Cl)c(OCC(CC(C)CC(C)(C)C)NC(=O)O)ccc21. The molecule has 33 heavy (non-hydrogen) atoms. The number of carbonyl (C=O) groups is 1. The predicted molar refractivity (Wildman–Crippen MR) is 133 cm³/mol. The largest absolute Gasteiger partial charge is 0.490 e. The van der Waals surface area contributed by atoms with E-state index in [2.05, 4.69) is 38.0 Å². The van der Waals surface area contributed by atoms with E-state index in [9.17, 15) is 14.7 Å². The lowest BCUT2D eigenvalue weighted by Crippen LogP contribution is -2.39. The highest BCUT2D eigenvalue weighted by atomic mass is 35.5. The minimum absolute atomic E-state index is 0.135. The van der Waals surface area contributed by atoms with Crippen LogP contribution in [0.2, 0.25) is 5.02 Å². The van der Waals surface area contributed by atoms with E-state index in [1.165, 1.54) is 4.57 Å². The number of amides is 1. The summed E-state index contributed by atoms with van der Waals surface area (Å²) >= 11 is 6.70. The Morgan fingerprint density at radius 3 is 2.61 bits per heavy atom. The molecule has 3 rings (SSSR count). The van der Waals surface area contributed by atoms with Crippen LogP contribution in [0.5, 0.6) is 5.75 Å². The molecule has 1 amide bonds. The first-order valence-electron chi connectivity index (χ1n) is 11.1. The smallest absolute Gasteiger partial charge is 0.404 e. The van der Waals surface area contributed by atoms with Gasteiger partial charge in [-0.25, -0.2) is 4.79 Å². The summed E-state index contributed by atoms with van der Waals surface area (Å²) in [6, 6.07) is 5.06. The van der Waals surface area contributed by atoms with Crippen LogP contribution >= 0.6 is 11.6 Å². The zero-order chi connectivity index (χ0) is 24.5. The number of pyridine rings is 2. The van der Waals surface area contributed by atoms with Gasteiger partial charge in [0.15, 0.2) is 0 Å². The third kappa shape index (κ3) is 5.58. The maximum atomic E-state index is 13.0. The third-order valence-electron chi connectivity index (χ3n) is 5.78. The number of halogens is 1. The average molecular weight is 474 g/mol. The van der Waals surface area contributed by atoms with E-state index in [0.717, 1.165) is 17.2 Å². The molecule has 2 aromatic heterocycles. The second-order valence-corrected chi connectivity index (χ2v) is 10.4. The Balaban J connectivity index is 1.93. The van der Waals surface area contributed by atoms with Crippen molar-refractivity contribution in [3.05, 3.63) is 45.5 Å². The summed E-state index contributed by atoms with van der Waals surface area (Å²) in [4.78, 5) is 28.6. The minimum Gasteiger partial charge on any atom is -0.490 e. The zero-order valence-electron chi connectivity index (χ0n) is 20.0. The van der Waals surface area contributed by atoms with Crippen LogP contribution in [0.1, 0.15) is 46.2 Å². The van der Waals surface area contributed by atoms with E-state index >= 15 is 0 Å². The van der Waals surface area contributed by atoms with Crippen molar-refractivity contribution in [2.24, 2.45) is 18.4 Å². The van der Waals surface area contributed by atoms with E-state index in [0.29, 0.717) is 39.7 Å². The number of fused-ring (bicyclic) bond motifs is 3. The topological polar surface area (TPSA) is 93.5 Å². The van der Waals surface area contributed by atoms with Crippen LogP contribution in [-0.2, 0) is 7.05 Å². The number of aromatic nitrogens is 2. The van der Waals surface area contributed by atoms with Crippen molar-refractivity contribution in [1.82, 2.24) is 14.9 Å². The third-order valence-corrected chi connectivity index (χ3v) is 6.15. The maximum Gasteiger partial charge on any atom is 0.404 e. The highest BCUT2D eigenvalue weighted by molar-refractivity contribution is 6.37. The number of hydrogen-bond donors (Lipinski definition) is 2.